The average Bonchev–Trinajstić information content (AvgIpc) is 3.55. The maximum Gasteiger partial charge on any atom is 0.259 e. The van der Waals surface area contributed by atoms with Crippen molar-refractivity contribution in [2.45, 2.75) is 134 Å². The molecule has 0 spiro atoms. The van der Waals surface area contributed by atoms with Crippen LogP contribution in [0.25, 0.3) is 0 Å². The molecule has 0 aromatic rings. The van der Waals surface area contributed by atoms with Crippen molar-refractivity contribution in [2.75, 3.05) is 19.8 Å². The number of fused-ring (bicyclic) bond motifs is 1. The van der Waals surface area contributed by atoms with E-state index >= 15 is 0 Å². The summed E-state index contributed by atoms with van der Waals surface area (Å²) in [4.78, 5) is 22.7. The number of rotatable bonds is 23. The minimum absolute atomic E-state index is 0.0828. The van der Waals surface area contributed by atoms with Crippen molar-refractivity contribution in [3.05, 3.63) is 0 Å². The number of carbonyl (C=O) groups excluding carboxylic acids is 1. The predicted octanol–water partition coefficient (Wildman–Crippen LogP) is 4.31. The van der Waals surface area contributed by atoms with Gasteiger partial charge in [-0.05, 0) is 24.6 Å². The summed E-state index contributed by atoms with van der Waals surface area (Å²) in [5, 5.41) is 24.8. The molecule has 5 N–H and O–H groups in total. The Bertz CT molecular complexity index is 658. The molecule has 6 atom stereocenters. The Morgan fingerprint density at radius 3 is 2.08 bits per heavy atom. The third-order valence-corrected chi connectivity index (χ3v) is 9.05. The van der Waals surface area contributed by atoms with Crippen LogP contribution in [0, 0.1) is 5.92 Å². The number of aliphatic hydroxyl groups excluding tert-OH is 2. The van der Waals surface area contributed by atoms with Gasteiger partial charge in [-0.1, -0.05) is 90.4 Å². The topological polar surface area (TPSA) is 120 Å². The largest absolute Gasteiger partial charge is 0.394 e. The van der Waals surface area contributed by atoms with Gasteiger partial charge >= 0.3 is 0 Å². The quantitative estimate of drug-likeness (QED) is 0.0943. The van der Waals surface area contributed by atoms with Crippen LogP contribution in [0.3, 0.4) is 0 Å². The lowest BCUT2D eigenvalue weighted by atomic mass is 10.0. The first kappa shape index (κ1) is 32.1. The molecule has 0 aromatic heterocycles. The Labute approximate surface area is 223 Å². The van der Waals surface area contributed by atoms with Crippen LogP contribution >= 0.6 is 6.64 Å². The van der Waals surface area contributed by atoms with Crippen molar-refractivity contribution in [1.29, 1.82) is 0 Å². The van der Waals surface area contributed by atoms with E-state index < -0.39 is 18.9 Å². The van der Waals surface area contributed by atoms with Gasteiger partial charge in [0.2, 0.25) is 5.91 Å². The van der Waals surface area contributed by atoms with Crippen LogP contribution in [0.4, 0.5) is 0 Å². The molecule has 36 heavy (non-hydrogen) atoms. The summed E-state index contributed by atoms with van der Waals surface area (Å²) in [5.41, 5.74) is 0. The summed E-state index contributed by atoms with van der Waals surface area (Å²) in [6.07, 6.45) is 18.1. The van der Waals surface area contributed by atoms with Gasteiger partial charge in [0.25, 0.3) is 6.64 Å². The molecule has 1 saturated heterocycles. The number of nitrogens with one attached hydrogen (secondary N) is 2. The molecule has 0 aromatic carbocycles. The minimum Gasteiger partial charge on any atom is -0.394 e. The molecule has 1 aliphatic carbocycles. The summed E-state index contributed by atoms with van der Waals surface area (Å²) in [6.45, 7) is -1.58. The maximum atomic E-state index is 12.2. The molecule has 2 aliphatic rings. The molecule has 1 aliphatic heterocycles. The Hall–Kier alpha value is -0.120. The summed E-state index contributed by atoms with van der Waals surface area (Å²) in [5.74, 6) is 0.137. The minimum atomic E-state index is -3.41. The molecule has 0 bridgehead atoms. The molecular formula is C26H51N2O6PS. The number of amides is 1. The smallest absolute Gasteiger partial charge is 0.259 e. The zero-order chi connectivity index (χ0) is 26.2. The lowest BCUT2D eigenvalue weighted by Crippen LogP contribution is -2.42. The molecule has 2 fully saturated rings. The van der Waals surface area contributed by atoms with Crippen LogP contribution in [0.1, 0.15) is 110 Å². The SMILES string of the molecule is CCCCCCCCCCCCCCCCC(=O)NCC(CO)OP(O)(=S)NC1C2C[C@@H]2O[C@@H]1CO. The highest BCUT2D eigenvalue weighted by molar-refractivity contribution is 8.08. The van der Waals surface area contributed by atoms with Crippen molar-refractivity contribution in [1.82, 2.24) is 10.4 Å². The summed E-state index contributed by atoms with van der Waals surface area (Å²) >= 11 is 5.22. The van der Waals surface area contributed by atoms with E-state index in [1.807, 2.05) is 0 Å². The van der Waals surface area contributed by atoms with E-state index in [0.717, 1.165) is 25.7 Å². The van der Waals surface area contributed by atoms with Gasteiger partial charge < -0.3 is 29.7 Å². The van der Waals surface area contributed by atoms with E-state index in [1.54, 1.807) is 0 Å². The molecule has 0 radical (unpaired) electrons. The Morgan fingerprint density at radius 2 is 1.56 bits per heavy atom. The monoisotopic (exact) mass is 550 g/mol. The average molecular weight is 551 g/mol. The Kier molecular flexibility index (Phi) is 16.2. The number of unbranched alkanes of at least 4 members (excludes halogenated alkanes) is 13. The Balaban J connectivity index is 1.45. The van der Waals surface area contributed by atoms with E-state index in [4.69, 9.17) is 21.1 Å². The van der Waals surface area contributed by atoms with Gasteiger partial charge in [-0.2, -0.15) is 0 Å². The lowest BCUT2D eigenvalue weighted by Gasteiger charge is -2.28. The van der Waals surface area contributed by atoms with Gasteiger partial charge in [-0.3, -0.25) is 4.79 Å². The van der Waals surface area contributed by atoms with Gasteiger partial charge in [0.15, 0.2) is 0 Å². The van der Waals surface area contributed by atoms with E-state index in [2.05, 4.69) is 17.3 Å². The summed E-state index contributed by atoms with van der Waals surface area (Å²) < 4.78 is 11.2. The van der Waals surface area contributed by atoms with Gasteiger partial charge in [0.05, 0.1) is 25.4 Å². The number of hydrogen-bond acceptors (Lipinski definition) is 6. The van der Waals surface area contributed by atoms with Gasteiger partial charge in [0.1, 0.15) is 6.10 Å². The van der Waals surface area contributed by atoms with Crippen LogP contribution in [-0.2, 0) is 25.9 Å². The molecule has 2 rings (SSSR count). The fraction of sp³-hybridized carbons (Fsp3) is 0.962. The van der Waals surface area contributed by atoms with Crippen molar-refractivity contribution < 1.29 is 29.2 Å². The second kappa shape index (κ2) is 18.2. The number of aliphatic hydroxyl groups is 2. The maximum absolute atomic E-state index is 12.2. The van der Waals surface area contributed by atoms with Crippen LogP contribution < -0.4 is 10.4 Å². The molecular weight excluding hydrogens is 499 g/mol. The van der Waals surface area contributed by atoms with Crippen molar-refractivity contribution in [2.24, 2.45) is 5.92 Å². The summed E-state index contributed by atoms with van der Waals surface area (Å²) in [6, 6.07) is -0.259. The first-order valence-corrected chi connectivity index (χ1v) is 17.0. The highest BCUT2D eigenvalue weighted by Crippen LogP contribution is 2.50. The first-order chi connectivity index (χ1) is 17.4. The Morgan fingerprint density at radius 1 is 1.00 bits per heavy atom. The zero-order valence-corrected chi connectivity index (χ0v) is 24.0. The van der Waals surface area contributed by atoms with Crippen molar-refractivity contribution in [3.63, 3.8) is 0 Å². The molecule has 1 heterocycles. The first-order valence-electron chi connectivity index (χ1n) is 14.3. The molecule has 1 amide bonds. The second-order valence-electron chi connectivity index (χ2n) is 10.5. The predicted molar refractivity (Wildman–Crippen MR) is 147 cm³/mol. The van der Waals surface area contributed by atoms with Crippen molar-refractivity contribution in [3.8, 4) is 0 Å². The van der Waals surface area contributed by atoms with Crippen molar-refractivity contribution >= 4 is 24.4 Å². The van der Waals surface area contributed by atoms with E-state index in [-0.39, 0.29) is 43.7 Å². The fourth-order valence-corrected chi connectivity index (χ4v) is 7.07. The lowest BCUT2D eigenvalue weighted by molar-refractivity contribution is -0.121. The molecule has 212 valence electrons. The fourth-order valence-electron chi connectivity index (χ4n) is 5.00. The third-order valence-electron chi connectivity index (χ3n) is 7.26. The summed E-state index contributed by atoms with van der Waals surface area (Å²) in [7, 11) is 0. The molecule has 8 nitrogen and oxygen atoms in total. The molecule has 1 saturated carbocycles. The number of carbonyl (C=O) groups is 1. The standard InChI is InChI=1S/C26H51N2O6PS/c1-2-3-4-5-6-7-8-9-10-11-12-13-14-15-16-25(31)27-18-21(19-29)34-35(32,36)28-26-22-17-23(22)33-24(26)20-30/h21-24,26,29-30H,2-20H2,1H3,(H,27,31)(H2,28,32,36)/t21?,22?,23-,24+,26?,35?/m0/s1. The van der Waals surface area contributed by atoms with Gasteiger partial charge in [-0.15, -0.1) is 0 Å². The van der Waals surface area contributed by atoms with Crippen LogP contribution in [0.15, 0.2) is 0 Å². The number of ether oxygens (including phenoxy) is 1. The zero-order valence-electron chi connectivity index (χ0n) is 22.2. The second-order valence-corrected chi connectivity index (χ2v) is 13.5. The van der Waals surface area contributed by atoms with Crippen LogP contribution in [0.2, 0.25) is 0 Å². The van der Waals surface area contributed by atoms with Gasteiger partial charge in [0, 0.05) is 24.9 Å². The van der Waals surface area contributed by atoms with Gasteiger partial charge in [-0.25, -0.2) is 5.09 Å². The van der Waals surface area contributed by atoms with Crippen LogP contribution in [0.5, 0.6) is 0 Å². The van der Waals surface area contributed by atoms with E-state index in [0.29, 0.717) is 6.42 Å². The highest BCUT2D eigenvalue weighted by Gasteiger charge is 2.56. The van der Waals surface area contributed by atoms with Crippen LogP contribution in [-0.4, -0.2) is 65.1 Å². The normalized spacial score (nSPS) is 25.3. The molecule has 10 heteroatoms. The highest BCUT2D eigenvalue weighted by atomic mass is 32.5. The van der Waals surface area contributed by atoms with E-state index in [1.165, 1.54) is 70.6 Å². The number of hydrogen-bond donors (Lipinski definition) is 5. The third kappa shape index (κ3) is 13.1. The molecule has 4 unspecified atom stereocenters. The van der Waals surface area contributed by atoms with E-state index in [9.17, 15) is 19.9 Å².